The number of hydrogen-bond donors (Lipinski definition) is 2. The Labute approximate surface area is 174 Å². The van der Waals surface area contributed by atoms with Crippen LogP contribution in [0.4, 0.5) is 10.2 Å². The SMILES string of the molecule is Cc1nn(-c2ncnc3nc[nH]c23)c2c1C(OCC(=O)c1ccc(F)cc1)CC(=O)N2. The van der Waals surface area contributed by atoms with Crippen LogP contribution in [0.1, 0.15) is 34.1 Å². The number of hydrogen-bond acceptors (Lipinski definition) is 7. The van der Waals surface area contributed by atoms with E-state index in [0.29, 0.717) is 39.6 Å². The van der Waals surface area contributed by atoms with E-state index < -0.39 is 11.9 Å². The molecule has 5 rings (SSSR count). The number of anilines is 1. The van der Waals surface area contributed by atoms with E-state index in [2.05, 4.69) is 30.4 Å². The molecule has 3 aromatic heterocycles. The minimum atomic E-state index is -0.666. The molecule has 1 aliphatic heterocycles. The fourth-order valence-corrected chi connectivity index (χ4v) is 3.60. The minimum Gasteiger partial charge on any atom is -0.365 e. The van der Waals surface area contributed by atoms with Gasteiger partial charge in [-0.25, -0.2) is 19.3 Å². The van der Waals surface area contributed by atoms with Gasteiger partial charge in [-0.1, -0.05) is 0 Å². The number of amides is 1. The molecule has 10 nitrogen and oxygen atoms in total. The Morgan fingerprint density at radius 2 is 2.06 bits per heavy atom. The number of halogens is 1. The summed E-state index contributed by atoms with van der Waals surface area (Å²) in [7, 11) is 0. The number of ether oxygens (including phenoxy) is 1. The number of aromatic nitrogens is 6. The molecule has 4 aromatic rings. The number of carbonyl (C=O) groups is 2. The lowest BCUT2D eigenvalue weighted by molar-refractivity contribution is -0.119. The zero-order valence-corrected chi connectivity index (χ0v) is 16.3. The number of ketones is 1. The quantitative estimate of drug-likeness (QED) is 0.473. The van der Waals surface area contributed by atoms with Crippen molar-refractivity contribution in [1.82, 2.24) is 29.7 Å². The van der Waals surface area contributed by atoms with Crippen LogP contribution in [0.3, 0.4) is 0 Å². The van der Waals surface area contributed by atoms with E-state index in [0.717, 1.165) is 0 Å². The normalized spacial score (nSPS) is 15.7. The van der Waals surface area contributed by atoms with Gasteiger partial charge in [-0.05, 0) is 31.2 Å². The topological polar surface area (TPSA) is 128 Å². The lowest BCUT2D eigenvalue weighted by atomic mass is 10.0. The number of carbonyl (C=O) groups excluding carboxylic acids is 2. The maximum absolute atomic E-state index is 13.1. The molecule has 0 bridgehead atoms. The van der Waals surface area contributed by atoms with Gasteiger partial charge in [0.25, 0.3) is 0 Å². The Hall–Kier alpha value is -3.99. The van der Waals surface area contributed by atoms with Crippen molar-refractivity contribution in [3.05, 3.63) is 59.6 Å². The monoisotopic (exact) mass is 421 g/mol. The van der Waals surface area contributed by atoms with E-state index in [9.17, 15) is 14.0 Å². The first kappa shape index (κ1) is 19.0. The minimum absolute atomic E-state index is 0.0411. The summed E-state index contributed by atoms with van der Waals surface area (Å²) < 4.78 is 20.4. The highest BCUT2D eigenvalue weighted by Crippen LogP contribution is 2.37. The van der Waals surface area contributed by atoms with E-state index in [1.807, 2.05) is 0 Å². The third kappa shape index (κ3) is 3.34. The number of nitrogens with one attached hydrogen (secondary N) is 2. The number of imidazole rings is 1. The van der Waals surface area contributed by atoms with Gasteiger partial charge in [0.15, 0.2) is 17.2 Å². The van der Waals surface area contributed by atoms with Gasteiger partial charge in [0.05, 0.1) is 24.5 Å². The molecule has 1 aliphatic rings. The van der Waals surface area contributed by atoms with Gasteiger partial charge < -0.3 is 15.0 Å². The van der Waals surface area contributed by atoms with Gasteiger partial charge in [0.1, 0.15) is 30.1 Å². The maximum Gasteiger partial charge on any atom is 0.228 e. The highest BCUT2D eigenvalue weighted by Gasteiger charge is 2.33. The van der Waals surface area contributed by atoms with Crippen LogP contribution < -0.4 is 5.32 Å². The van der Waals surface area contributed by atoms with Crippen molar-refractivity contribution >= 4 is 28.7 Å². The van der Waals surface area contributed by atoms with Crippen LogP contribution in [0.5, 0.6) is 0 Å². The molecule has 156 valence electrons. The predicted octanol–water partition coefficient (Wildman–Crippen LogP) is 2.27. The number of nitrogens with zero attached hydrogens (tertiary/aromatic N) is 5. The highest BCUT2D eigenvalue weighted by molar-refractivity contribution is 5.97. The summed E-state index contributed by atoms with van der Waals surface area (Å²) >= 11 is 0. The number of aromatic amines is 1. The zero-order valence-electron chi connectivity index (χ0n) is 16.3. The molecule has 0 spiro atoms. The first-order chi connectivity index (χ1) is 15.0. The second-order valence-corrected chi connectivity index (χ2v) is 7.04. The molecule has 1 atom stereocenters. The maximum atomic E-state index is 13.1. The summed E-state index contributed by atoms with van der Waals surface area (Å²) in [6.07, 6.45) is 2.24. The Morgan fingerprint density at radius 3 is 2.87 bits per heavy atom. The standard InChI is InChI=1S/C20H16FN7O3/c1-10-16-14(31-7-13(29)11-2-4-12(21)5-3-11)6-15(30)26-19(16)28(27-10)20-17-18(23-8-22-17)24-9-25-20/h2-5,8-9,14H,6-7H2,1H3,(H,26,30)(H,22,23,24,25). The molecule has 11 heteroatoms. The number of rotatable bonds is 5. The third-order valence-electron chi connectivity index (χ3n) is 5.04. The van der Waals surface area contributed by atoms with Gasteiger partial charge in [-0.2, -0.15) is 9.78 Å². The second-order valence-electron chi connectivity index (χ2n) is 7.04. The van der Waals surface area contributed by atoms with Gasteiger partial charge >= 0.3 is 0 Å². The average Bonchev–Trinajstić information content (AvgIpc) is 3.36. The van der Waals surface area contributed by atoms with Crippen molar-refractivity contribution in [3.63, 3.8) is 0 Å². The molecular weight excluding hydrogens is 405 g/mol. The first-order valence-electron chi connectivity index (χ1n) is 9.45. The molecule has 2 N–H and O–H groups in total. The van der Waals surface area contributed by atoms with Gasteiger partial charge in [-0.15, -0.1) is 0 Å². The van der Waals surface area contributed by atoms with E-state index >= 15 is 0 Å². The molecule has 1 amide bonds. The van der Waals surface area contributed by atoms with Crippen LogP contribution in [0.25, 0.3) is 17.0 Å². The largest absolute Gasteiger partial charge is 0.365 e. The van der Waals surface area contributed by atoms with Crippen molar-refractivity contribution in [2.75, 3.05) is 11.9 Å². The van der Waals surface area contributed by atoms with Crippen LogP contribution in [-0.2, 0) is 9.53 Å². The van der Waals surface area contributed by atoms with Crippen LogP contribution in [0, 0.1) is 12.7 Å². The van der Waals surface area contributed by atoms with E-state index in [4.69, 9.17) is 4.74 Å². The third-order valence-corrected chi connectivity index (χ3v) is 5.04. The second kappa shape index (κ2) is 7.36. The summed E-state index contributed by atoms with van der Waals surface area (Å²) in [6, 6.07) is 5.22. The van der Waals surface area contributed by atoms with Crippen molar-refractivity contribution < 1.29 is 18.7 Å². The van der Waals surface area contributed by atoms with Crippen molar-refractivity contribution in [2.24, 2.45) is 0 Å². The van der Waals surface area contributed by atoms with E-state index in [-0.39, 0.29) is 24.7 Å². The summed E-state index contributed by atoms with van der Waals surface area (Å²) in [6.45, 7) is 1.53. The molecule has 0 aliphatic carbocycles. The van der Waals surface area contributed by atoms with Crippen molar-refractivity contribution in [2.45, 2.75) is 19.4 Å². The summed E-state index contributed by atoms with van der Waals surface area (Å²) in [5.41, 5.74) is 2.65. The fraction of sp³-hybridized carbons (Fsp3) is 0.200. The number of fused-ring (bicyclic) bond motifs is 2. The molecule has 1 unspecified atom stereocenters. The Kier molecular flexibility index (Phi) is 4.51. The fourth-order valence-electron chi connectivity index (χ4n) is 3.60. The summed E-state index contributed by atoms with van der Waals surface area (Å²) in [5, 5.41) is 7.35. The average molecular weight is 421 g/mol. The number of benzene rings is 1. The molecule has 0 fully saturated rings. The molecular formula is C20H16FN7O3. The van der Waals surface area contributed by atoms with E-state index in [1.54, 1.807) is 6.92 Å². The van der Waals surface area contributed by atoms with Crippen molar-refractivity contribution in [1.29, 1.82) is 0 Å². The van der Waals surface area contributed by atoms with Crippen LogP contribution >= 0.6 is 0 Å². The smallest absolute Gasteiger partial charge is 0.228 e. The summed E-state index contributed by atoms with van der Waals surface area (Å²) in [5.74, 6) is -0.168. The summed E-state index contributed by atoms with van der Waals surface area (Å²) in [4.78, 5) is 40.3. The Bertz CT molecular complexity index is 1310. The number of aryl methyl sites for hydroxylation is 1. The molecule has 1 aromatic carbocycles. The zero-order chi connectivity index (χ0) is 21.5. The molecule has 31 heavy (non-hydrogen) atoms. The van der Waals surface area contributed by atoms with E-state index in [1.165, 1.54) is 41.6 Å². The first-order valence-corrected chi connectivity index (χ1v) is 9.45. The van der Waals surface area contributed by atoms with Gasteiger partial charge in [-0.3, -0.25) is 9.59 Å². The lowest BCUT2D eigenvalue weighted by Crippen LogP contribution is -2.27. The molecule has 0 saturated carbocycles. The van der Waals surface area contributed by atoms with Gasteiger partial charge in [0.2, 0.25) is 5.91 Å². The predicted molar refractivity (Wildman–Crippen MR) is 106 cm³/mol. The lowest BCUT2D eigenvalue weighted by Gasteiger charge is -2.24. The van der Waals surface area contributed by atoms with Crippen LogP contribution in [0.2, 0.25) is 0 Å². The van der Waals surface area contributed by atoms with Gasteiger partial charge in [0, 0.05) is 11.1 Å². The molecule has 0 saturated heterocycles. The van der Waals surface area contributed by atoms with Crippen molar-refractivity contribution in [3.8, 4) is 5.82 Å². The Morgan fingerprint density at radius 1 is 1.26 bits per heavy atom. The highest BCUT2D eigenvalue weighted by atomic mass is 19.1. The van der Waals surface area contributed by atoms with Crippen LogP contribution in [-0.4, -0.2) is 48.0 Å². The number of H-pyrrole nitrogens is 1. The van der Waals surface area contributed by atoms with Crippen LogP contribution in [0.15, 0.2) is 36.9 Å². The number of Topliss-reactive ketones (excluding diaryl/α,β-unsaturated/α-hetero) is 1. The molecule has 0 radical (unpaired) electrons. The Balaban J connectivity index is 1.47. The molecule has 4 heterocycles.